The summed E-state index contributed by atoms with van der Waals surface area (Å²) >= 11 is 0. The summed E-state index contributed by atoms with van der Waals surface area (Å²) in [6, 6.07) is 6.08. The van der Waals surface area contributed by atoms with Crippen LogP contribution in [0.2, 0.25) is 0 Å². The van der Waals surface area contributed by atoms with Gasteiger partial charge in [-0.2, -0.15) is 0 Å². The van der Waals surface area contributed by atoms with E-state index < -0.39 is 0 Å². The highest BCUT2D eigenvalue weighted by molar-refractivity contribution is 5.79. The second-order valence-corrected chi connectivity index (χ2v) is 7.41. The summed E-state index contributed by atoms with van der Waals surface area (Å²) in [6.07, 6.45) is 7.29. The lowest BCUT2D eigenvalue weighted by atomic mass is 10.1. The van der Waals surface area contributed by atoms with Gasteiger partial charge in [-0.3, -0.25) is 4.99 Å². The van der Waals surface area contributed by atoms with Crippen LogP contribution in [0.1, 0.15) is 37.7 Å². The number of unbranched alkanes of at least 4 members (excludes halogenated alkanes) is 4. The van der Waals surface area contributed by atoms with Crippen LogP contribution in [0.5, 0.6) is 11.5 Å². The number of guanidine groups is 1. The van der Waals surface area contributed by atoms with E-state index in [-0.39, 0.29) is 0 Å². The van der Waals surface area contributed by atoms with Crippen molar-refractivity contribution in [1.29, 1.82) is 0 Å². The maximum Gasteiger partial charge on any atom is 0.193 e. The van der Waals surface area contributed by atoms with E-state index in [9.17, 15) is 0 Å². The standard InChI is InChI=1S/C22H40N4O2/c1-23-22(24-15-10-8-7-9-11-16-25(2)3)26(4)17-14-19-12-13-20(27-5)21(18-19)28-6/h12-13,18H,7-11,14-17H2,1-6H3,(H,23,24). The van der Waals surface area contributed by atoms with Crippen molar-refractivity contribution in [2.45, 2.75) is 38.5 Å². The zero-order chi connectivity index (χ0) is 20.8. The van der Waals surface area contributed by atoms with Gasteiger partial charge < -0.3 is 24.6 Å². The molecule has 0 aliphatic heterocycles. The number of hydrogen-bond donors (Lipinski definition) is 1. The van der Waals surface area contributed by atoms with Crippen LogP contribution in [-0.2, 0) is 6.42 Å². The minimum absolute atomic E-state index is 0.763. The largest absolute Gasteiger partial charge is 0.493 e. The van der Waals surface area contributed by atoms with Crippen LogP contribution in [-0.4, -0.2) is 77.8 Å². The van der Waals surface area contributed by atoms with Gasteiger partial charge in [-0.1, -0.05) is 25.3 Å². The molecule has 1 aromatic rings. The van der Waals surface area contributed by atoms with Gasteiger partial charge >= 0.3 is 0 Å². The Labute approximate surface area is 171 Å². The molecular formula is C22H40N4O2. The molecule has 0 spiro atoms. The summed E-state index contributed by atoms with van der Waals surface area (Å²) in [5.74, 6) is 2.49. The molecule has 0 aromatic heterocycles. The van der Waals surface area contributed by atoms with Crippen LogP contribution in [0, 0.1) is 0 Å². The summed E-state index contributed by atoms with van der Waals surface area (Å²) in [5.41, 5.74) is 1.22. The normalized spacial score (nSPS) is 11.6. The van der Waals surface area contributed by atoms with E-state index in [2.05, 4.69) is 47.3 Å². The Kier molecular flexibility index (Phi) is 12.1. The van der Waals surface area contributed by atoms with E-state index in [1.807, 2.05) is 19.2 Å². The van der Waals surface area contributed by atoms with Crippen LogP contribution in [0.25, 0.3) is 0 Å². The summed E-state index contributed by atoms with van der Waals surface area (Å²) in [4.78, 5) is 8.84. The molecule has 0 radical (unpaired) electrons. The van der Waals surface area contributed by atoms with Crippen molar-refractivity contribution in [1.82, 2.24) is 15.1 Å². The average Bonchev–Trinajstić information content (AvgIpc) is 2.70. The highest BCUT2D eigenvalue weighted by atomic mass is 16.5. The van der Waals surface area contributed by atoms with Crippen molar-refractivity contribution in [3.05, 3.63) is 23.8 Å². The lowest BCUT2D eigenvalue weighted by Crippen LogP contribution is -2.40. The fourth-order valence-corrected chi connectivity index (χ4v) is 3.11. The molecule has 0 amide bonds. The molecule has 160 valence electrons. The van der Waals surface area contributed by atoms with Gasteiger partial charge in [0, 0.05) is 27.2 Å². The first-order valence-corrected chi connectivity index (χ1v) is 10.3. The lowest BCUT2D eigenvalue weighted by molar-refractivity contribution is 0.354. The monoisotopic (exact) mass is 392 g/mol. The van der Waals surface area contributed by atoms with Crippen molar-refractivity contribution >= 4 is 5.96 Å². The third kappa shape index (κ3) is 9.31. The van der Waals surface area contributed by atoms with Gasteiger partial charge in [-0.25, -0.2) is 0 Å². The molecule has 0 aliphatic carbocycles. The molecule has 0 heterocycles. The van der Waals surface area contributed by atoms with Crippen molar-refractivity contribution < 1.29 is 9.47 Å². The van der Waals surface area contributed by atoms with Crippen molar-refractivity contribution in [3.8, 4) is 11.5 Å². The van der Waals surface area contributed by atoms with E-state index in [1.165, 1.54) is 44.2 Å². The van der Waals surface area contributed by atoms with Crippen LogP contribution < -0.4 is 14.8 Å². The van der Waals surface area contributed by atoms with E-state index in [0.717, 1.165) is 37.0 Å². The second kappa shape index (κ2) is 14.1. The van der Waals surface area contributed by atoms with Crippen LogP contribution >= 0.6 is 0 Å². The van der Waals surface area contributed by atoms with Gasteiger partial charge in [0.25, 0.3) is 0 Å². The Balaban J connectivity index is 2.29. The first-order chi connectivity index (χ1) is 13.5. The molecule has 28 heavy (non-hydrogen) atoms. The lowest BCUT2D eigenvalue weighted by Gasteiger charge is -2.22. The average molecular weight is 393 g/mol. The molecule has 0 aliphatic rings. The summed E-state index contributed by atoms with van der Waals surface area (Å²) < 4.78 is 10.7. The predicted octanol–water partition coefficient (Wildman–Crippen LogP) is 3.27. The number of likely N-dealkylation sites (N-methyl/N-ethyl adjacent to an activating group) is 1. The summed E-state index contributed by atoms with van der Waals surface area (Å²) in [6.45, 7) is 3.05. The Morgan fingerprint density at radius 1 is 0.929 bits per heavy atom. The van der Waals surface area contributed by atoms with Crippen LogP contribution in [0.4, 0.5) is 0 Å². The molecule has 0 unspecified atom stereocenters. The van der Waals surface area contributed by atoms with Gasteiger partial charge in [-0.05, 0) is 57.6 Å². The zero-order valence-electron chi connectivity index (χ0n) is 18.8. The van der Waals surface area contributed by atoms with Gasteiger partial charge in [0.2, 0.25) is 0 Å². The quantitative estimate of drug-likeness (QED) is 0.317. The zero-order valence-corrected chi connectivity index (χ0v) is 18.8. The summed E-state index contributed by atoms with van der Waals surface area (Å²) in [7, 11) is 11.5. The fraction of sp³-hybridized carbons (Fsp3) is 0.682. The number of aliphatic imine (C=N–C) groups is 1. The van der Waals surface area contributed by atoms with Gasteiger partial charge in [0.05, 0.1) is 14.2 Å². The molecule has 6 heteroatoms. The molecule has 1 rings (SSSR count). The van der Waals surface area contributed by atoms with Gasteiger partial charge in [0.1, 0.15) is 0 Å². The van der Waals surface area contributed by atoms with E-state index in [1.54, 1.807) is 14.2 Å². The molecule has 0 fully saturated rings. The topological polar surface area (TPSA) is 49.3 Å². The Morgan fingerprint density at radius 3 is 2.25 bits per heavy atom. The van der Waals surface area contributed by atoms with Crippen molar-refractivity contribution in [3.63, 3.8) is 0 Å². The number of nitrogens with zero attached hydrogens (tertiary/aromatic N) is 3. The van der Waals surface area contributed by atoms with Gasteiger partial charge in [-0.15, -0.1) is 0 Å². The molecule has 0 bridgehead atoms. The number of ether oxygens (including phenoxy) is 2. The number of nitrogens with one attached hydrogen (secondary N) is 1. The van der Waals surface area contributed by atoms with Crippen molar-refractivity contribution in [2.24, 2.45) is 4.99 Å². The Morgan fingerprint density at radius 2 is 1.61 bits per heavy atom. The van der Waals surface area contributed by atoms with Crippen LogP contribution in [0.15, 0.2) is 23.2 Å². The SMILES string of the molecule is CN=C(NCCCCCCCN(C)C)N(C)CCc1ccc(OC)c(OC)c1. The highest BCUT2D eigenvalue weighted by Crippen LogP contribution is 2.27. The first-order valence-electron chi connectivity index (χ1n) is 10.3. The minimum Gasteiger partial charge on any atom is -0.493 e. The predicted molar refractivity (Wildman–Crippen MR) is 119 cm³/mol. The molecule has 0 atom stereocenters. The Bertz CT molecular complexity index is 576. The van der Waals surface area contributed by atoms with E-state index in [4.69, 9.17) is 9.47 Å². The van der Waals surface area contributed by atoms with Crippen LogP contribution in [0.3, 0.4) is 0 Å². The Hall–Kier alpha value is -1.95. The molecule has 6 nitrogen and oxygen atoms in total. The second-order valence-electron chi connectivity index (χ2n) is 7.41. The minimum atomic E-state index is 0.763. The number of hydrogen-bond acceptors (Lipinski definition) is 4. The van der Waals surface area contributed by atoms with E-state index in [0.29, 0.717) is 0 Å². The maximum atomic E-state index is 5.39. The molecular weight excluding hydrogens is 352 g/mol. The molecule has 1 N–H and O–H groups in total. The van der Waals surface area contributed by atoms with E-state index >= 15 is 0 Å². The summed E-state index contributed by atoms with van der Waals surface area (Å²) in [5, 5.41) is 3.48. The number of rotatable bonds is 13. The third-order valence-corrected chi connectivity index (χ3v) is 4.82. The van der Waals surface area contributed by atoms with Gasteiger partial charge in [0.15, 0.2) is 17.5 Å². The smallest absolute Gasteiger partial charge is 0.193 e. The number of methoxy groups -OCH3 is 2. The third-order valence-electron chi connectivity index (χ3n) is 4.82. The fourth-order valence-electron chi connectivity index (χ4n) is 3.11. The maximum absolute atomic E-state index is 5.39. The molecule has 0 saturated carbocycles. The number of benzene rings is 1. The molecule has 1 aromatic carbocycles. The highest BCUT2D eigenvalue weighted by Gasteiger charge is 2.08. The first kappa shape index (κ1) is 24.1. The molecule has 0 saturated heterocycles. The van der Waals surface area contributed by atoms with Crippen molar-refractivity contribution in [2.75, 3.05) is 62.0 Å².